The van der Waals surface area contributed by atoms with Crippen LogP contribution in [0.25, 0.3) is 6.08 Å². The van der Waals surface area contributed by atoms with Gasteiger partial charge in [0.2, 0.25) is 0 Å². The number of hydrogen-bond donors (Lipinski definition) is 1. The summed E-state index contributed by atoms with van der Waals surface area (Å²) in [5.41, 5.74) is 2.25. The van der Waals surface area contributed by atoms with Crippen LogP contribution in [0.15, 0.2) is 96.6 Å². The molecule has 1 aliphatic rings. The second-order valence-corrected chi connectivity index (χ2v) is 10.2. The van der Waals surface area contributed by atoms with Gasteiger partial charge in [0.25, 0.3) is 11.8 Å². The number of carbonyl (C=O) groups excluding carboxylic acids is 3. The number of nitrogens with zero attached hydrogens (tertiary/aromatic N) is 1. The zero-order chi connectivity index (χ0) is 28.9. The highest BCUT2D eigenvalue weighted by atomic mass is 35.5. The van der Waals surface area contributed by atoms with E-state index >= 15 is 0 Å². The van der Waals surface area contributed by atoms with Gasteiger partial charge in [-0.25, -0.2) is 9.69 Å². The molecule has 5 rings (SSSR count). The van der Waals surface area contributed by atoms with Crippen LogP contribution in [0.3, 0.4) is 0 Å². The second kappa shape index (κ2) is 12.5. The Bertz CT molecular complexity index is 1650. The average molecular weight is 608 g/mol. The number of anilines is 1. The molecular formula is C31H21Cl3N2O5. The Morgan fingerprint density at radius 3 is 1.95 bits per heavy atom. The van der Waals surface area contributed by atoms with E-state index in [1.807, 2.05) is 18.2 Å². The number of carbonyl (C=O) groups is 3. The zero-order valence-electron chi connectivity index (χ0n) is 21.3. The van der Waals surface area contributed by atoms with Crippen molar-refractivity contribution >= 4 is 64.4 Å². The molecule has 1 aliphatic heterocycles. The number of hydrogen-bond acceptors (Lipinski definition) is 5. The average Bonchev–Trinajstić information content (AvgIpc) is 2.96. The van der Waals surface area contributed by atoms with Gasteiger partial charge in [-0.2, -0.15) is 0 Å². The molecule has 4 aromatic rings. The highest BCUT2D eigenvalue weighted by Crippen LogP contribution is 2.27. The zero-order valence-corrected chi connectivity index (χ0v) is 23.5. The summed E-state index contributed by atoms with van der Waals surface area (Å²) in [7, 11) is 0. The molecule has 1 saturated heterocycles. The standard InChI is InChI=1S/C31H21Cl3N2O5/c32-22-8-7-21(28(34)16-22)18-41-24-11-5-19(6-12-24)15-26-29(37)35-31(39)36(30(26)38)23-9-13-25(14-10-23)40-17-20-3-1-2-4-27(20)33/h1-16H,17-18H2,(H,35,37,39)/b26-15+. The topological polar surface area (TPSA) is 84.9 Å². The predicted octanol–water partition coefficient (Wildman–Crippen LogP) is 7.47. The minimum atomic E-state index is -0.841. The third-order valence-electron chi connectivity index (χ3n) is 6.15. The molecule has 0 aliphatic carbocycles. The molecule has 0 unspecified atom stereocenters. The van der Waals surface area contributed by atoms with E-state index in [4.69, 9.17) is 44.3 Å². The van der Waals surface area contributed by atoms with Gasteiger partial charge in [0.05, 0.1) is 5.69 Å². The van der Waals surface area contributed by atoms with Crippen LogP contribution < -0.4 is 19.7 Å². The van der Waals surface area contributed by atoms with E-state index in [2.05, 4.69) is 5.32 Å². The Labute approximate surface area is 250 Å². The van der Waals surface area contributed by atoms with Crippen LogP contribution in [-0.2, 0) is 22.8 Å². The van der Waals surface area contributed by atoms with Crippen LogP contribution >= 0.6 is 34.8 Å². The second-order valence-electron chi connectivity index (χ2n) is 8.93. The normalized spacial score (nSPS) is 14.3. The number of urea groups is 1. The summed E-state index contributed by atoms with van der Waals surface area (Å²) in [5.74, 6) is -0.452. The molecule has 41 heavy (non-hydrogen) atoms. The van der Waals surface area contributed by atoms with Crippen molar-refractivity contribution in [2.45, 2.75) is 13.2 Å². The van der Waals surface area contributed by atoms with Crippen molar-refractivity contribution in [1.29, 1.82) is 0 Å². The number of imide groups is 2. The molecular weight excluding hydrogens is 587 g/mol. The maximum absolute atomic E-state index is 13.2. The number of halogens is 3. The van der Waals surface area contributed by atoms with Crippen LogP contribution in [0.5, 0.6) is 11.5 Å². The quantitative estimate of drug-likeness (QED) is 0.166. The molecule has 0 saturated carbocycles. The summed E-state index contributed by atoms with van der Waals surface area (Å²) < 4.78 is 11.6. The van der Waals surface area contributed by atoms with Crippen LogP contribution in [0, 0.1) is 0 Å². The first-order chi connectivity index (χ1) is 19.8. The fraction of sp³-hybridized carbons (Fsp3) is 0.0645. The van der Waals surface area contributed by atoms with Crippen molar-refractivity contribution in [3.63, 3.8) is 0 Å². The first-order valence-electron chi connectivity index (χ1n) is 12.3. The Kier molecular flexibility index (Phi) is 8.59. The Hall–Kier alpha value is -4.30. The van der Waals surface area contributed by atoms with Gasteiger partial charge in [0.1, 0.15) is 30.3 Å². The molecule has 1 fully saturated rings. The molecule has 1 N–H and O–H groups in total. The number of nitrogens with one attached hydrogen (secondary N) is 1. The maximum Gasteiger partial charge on any atom is 0.335 e. The lowest BCUT2D eigenvalue weighted by Crippen LogP contribution is -2.54. The molecule has 7 nitrogen and oxygen atoms in total. The summed E-state index contributed by atoms with van der Waals surface area (Å²) in [5, 5.41) is 3.85. The fourth-order valence-electron chi connectivity index (χ4n) is 3.99. The van der Waals surface area contributed by atoms with Crippen molar-refractivity contribution in [3.8, 4) is 11.5 Å². The van der Waals surface area contributed by atoms with Crippen molar-refractivity contribution in [3.05, 3.63) is 128 Å². The molecule has 4 aromatic carbocycles. The first-order valence-corrected chi connectivity index (χ1v) is 13.5. The van der Waals surface area contributed by atoms with Crippen LogP contribution in [0.1, 0.15) is 16.7 Å². The van der Waals surface area contributed by atoms with Gasteiger partial charge < -0.3 is 9.47 Å². The Morgan fingerprint density at radius 1 is 0.707 bits per heavy atom. The monoisotopic (exact) mass is 606 g/mol. The molecule has 0 atom stereocenters. The predicted molar refractivity (Wildman–Crippen MR) is 158 cm³/mol. The largest absolute Gasteiger partial charge is 0.489 e. The van der Waals surface area contributed by atoms with Crippen LogP contribution in [0.4, 0.5) is 10.5 Å². The van der Waals surface area contributed by atoms with Crippen molar-refractivity contribution in [2.75, 3.05) is 4.90 Å². The maximum atomic E-state index is 13.2. The van der Waals surface area contributed by atoms with E-state index in [1.165, 1.54) is 6.08 Å². The summed E-state index contributed by atoms with van der Waals surface area (Å²) in [6.45, 7) is 0.487. The van der Waals surface area contributed by atoms with Gasteiger partial charge in [-0.1, -0.05) is 71.2 Å². The van der Waals surface area contributed by atoms with Crippen molar-refractivity contribution in [2.24, 2.45) is 0 Å². The molecule has 206 valence electrons. The third kappa shape index (κ3) is 6.72. The number of barbiturate groups is 1. The van der Waals surface area contributed by atoms with Gasteiger partial charge in [0, 0.05) is 26.2 Å². The molecule has 0 spiro atoms. The van der Waals surface area contributed by atoms with Crippen molar-refractivity contribution in [1.82, 2.24) is 5.32 Å². The lowest BCUT2D eigenvalue weighted by molar-refractivity contribution is -0.122. The number of benzene rings is 4. The van der Waals surface area contributed by atoms with Gasteiger partial charge in [0.15, 0.2) is 0 Å². The molecule has 0 bridgehead atoms. The number of amides is 4. The van der Waals surface area contributed by atoms with Gasteiger partial charge in [-0.05, 0) is 66.2 Å². The summed E-state index contributed by atoms with van der Waals surface area (Å²) >= 11 is 18.3. The minimum Gasteiger partial charge on any atom is -0.489 e. The van der Waals surface area contributed by atoms with E-state index in [1.54, 1.807) is 72.8 Å². The van der Waals surface area contributed by atoms with E-state index in [0.29, 0.717) is 32.1 Å². The summed E-state index contributed by atoms with van der Waals surface area (Å²) in [6, 6.07) is 24.8. The van der Waals surface area contributed by atoms with Gasteiger partial charge >= 0.3 is 6.03 Å². The van der Waals surface area contributed by atoms with E-state index < -0.39 is 17.8 Å². The minimum absolute atomic E-state index is 0.190. The van der Waals surface area contributed by atoms with Gasteiger partial charge in [-0.15, -0.1) is 0 Å². The highest BCUT2D eigenvalue weighted by Gasteiger charge is 2.36. The van der Waals surface area contributed by atoms with E-state index in [9.17, 15) is 14.4 Å². The smallest absolute Gasteiger partial charge is 0.335 e. The van der Waals surface area contributed by atoms with E-state index in [-0.39, 0.29) is 24.5 Å². The van der Waals surface area contributed by atoms with Crippen molar-refractivity contribution < 1.29 is 23.9 Å². The molecule has 10 heteroatoms. The Morgan fingerprint density at radius 2 is 1.32 bits per heavy atom. The summed E-state index contributed by atoms with van der Waals surface area (Å²) in [6.07, 6.45) is 1.41. The lowest BCUT2D eigenvalue weighted by Gasteiger charge is -2.26. The molecule has 1 heterocycles. The molecule has 4 amide bonds. The summed E-state index contributed by atoms with van der Waals surface area (Å²) in [4.78, 5) is 39.3. The van der Waals surface area contributed by atoms with Gasteiger partial charge in [-0.3, -0.25) is 14.9 Å². The molecule has 0 aromatic heterocycles. The van der Waals surface area contributed by atoms with Crippen LogP contribution in [0.2, 0.25) is 15.1 Å². The number of ether oxygens (including phenoxy) is 2. The van der Waals surface area contributed by atoms with E-state index in [0.717, 1.165) is 16.0 Å². The number of rotatable bonds is 8. The molecule has 0 radical (unpaired) electrons. The fourth-order valence-corrected chi connectivity index (χ4v) is 4.64. The van der Waals surface area contributed by atoms with Crippen LogP contribution in [-0.4, -0.2) is 17.8 Å². The lowest BCUT2D eigenvalue weighted by atomic mass is 10.1. The highest BCUT2D eigenvalue weighted by molar-refractivity contribution is 6.39. The SMILES string of the molecule is O=C1NC(=O)N(c2ccc(OCc3ccccc3Cl)cc2)C(=O)/C1=C/c1ccc(OCc2ccc(Cl)cc2Cl)cc1. The Balaban J connectivity index is 1.26. The third-order valence-corrected chi connectivity index (χ3v) is 7.11. The first kappa shape index (κ1) is 28.2.